The number of hydrogen-bond donors (Lipinski definition) is 2. The van der Waals surface area contributed by atoms with Crippen molar-refractivity contribution in [2.45, 2.75) is 38.5 Å². The summed E-state index contributed by atoms with van der Waals surface area (Å²) in [5, 5.41) is 3.24. The Morgan fingerprint density at radius 3 is 2.62 bits per heavy atom. The van der Waals surface area contributed by atoms with Crippen molar-refractivity contribution in [1.29, 1.82) is 0 Å². The molecule has 1 saturated carbocycles. The highest BCUT2D eigenvalue weighted by molar-refractivity contribution is 5.73. The minimum absolute atomic E-state index is 0.214. The lowest BCUT2D eigenvalue weighted by Gasteiger charge is -2.08. The van der Waals surface area contributed by atoms with Gasteiger partial charge >= 0.3 is 0 Å². The van der Waals surface area contributed by atoms with E-state index >= 15 is 0 Å². The number of nitrogens with one attached hydrogen (secondary N) is 1. The fourth-order valence-corrected chi connectivity index (χ4v) is 1.94. The van der Waals surface area contributed by atoms with Gasteiger partial charge in [-0.05, 0) is 18.9 Å². The van der Waals surface area contributed by atoms with Gasteiger partial charge in [-0.1, -0.05) is 25.7 Å². The first-order valence-electron chi connectivity index (χ1n) is 5.28. The lowest BCUT2D eigenvalue weighted by Crippen LogP contribution is -2.23. The lowest BCUT2D eigenvalue weighted by atomic mass is 10.0. The Hall–Kier alpha value is -0.570. The lowest BCUT2D eigenvalue weighted by molar-refractivity contribution is -0.117. The fraction of sp³-hybridized carbons (Fsp3) is 0.900. The van der Waals surface area contributed by atoms with Gasteiger partial charge in [-0.15, -0.1) is 0 Å². The first-order chi connectivity index (χ1) is 6.29. The van der Waals surface area contributed by atoms with Gasteiger partial charge in [0.2, 0.25) is 5.91 Å². The highest BCUT2D eigenvalue weighted by Gasteiger charge is 2.13. The molecule has 0 atom stereocenters. The van der Waals surface area contributed by atoms with Crippen LogP contribution in [0.4, 0.5) is 0 Å². The minimum atomic E-state index is -0.214. The van der Waals surface area contributed by atoms with E-state index in [-0.39, 0.29) is 5.91 Å². The molecular formula is C10H20N2O. The standard InChI is InChI=1S/C10H20N2O/c11-10(13)6-8-12-7-5-9-3-1-2-4-9/h9,12H,1-8H2,(H2,11,13). The van der Waals surface area contributed by atoms with Gasteiger partial charge in [0.25, 0.3) is 0 Å². The van der Waals surface area contributed by atoms with Gasteiger partial charge in [-0.25, -0.2) is 0 Å². The van der Waals surface area contributed by atoms with Crippen molar-refractivity contribution >= 4 is 5.91 Å². The van der Waals surface area contributed by atoms with Gasteiger partial charge in [0.05, 0.1) is 0 Å². The van der Waals surface area contributed by atoms with Crippen LogP contribution in [-0.4, -0.2) is 19.0 Å². The summed E-state index contributed by atoms with van der Waals surface area (Å²) in [5.74, 6) is 0.717. The number of amides is 1. The van der Waals surface area contributed by atoms with E-state index in [0.717, 1.165) is 19.0 Å². The summed E-state index contributed by atoms with van der Waals surface area (Å²) in [6, 6.07) is 0. The van der Waals surface area contributed by atoms with Crippen molar-refractivity contribution in [3.8, 4) is 0 Å². The number of carbonyl (C=O) groups is 1. The Bertz CT molecular complexity index is 153. The number of nitrogens with two attached hydrogens (primary N) is 1. The van der Waals surface area contributed by atoms with Crippen LogP contribution in [0.1, 0.15) is 38.5 Å². The van der Waals surface area contributed by atoms with Crippen LogP contribution in [0.15, 0.2) is 0 Å². The van der Waals surface area contributed by atoms with Crippen LogP contribution in [0.2, 0.25) is 0 Å². The Morgan fingerprint density at radius 2 is 2.00 bits per heavy atom. The summed E-state index contributed by atoms with van der Waals surface area (Å²) in [7, 11) is 0. The largest absolute Gasteiger partial charge is 0.370 e. The van der Waals surface area contributed by atoms with Crippen LogP contribution in [0.25, 0.3) is 0 Å². The second-order valence-corrected chi connectivity index (χ2v) is 3.91. The smallest absolute Gasteiger partial charge is 0.218 e. The van der Waals surface area contributed by atoms with Crippen molar-refractivity contribution in [2.24, 2.45) is 11.7 Å². The SMILES string of the molecule is NC(=O)CCNCCC1CCCC1. The molecule has 76 valence electrons. The summed E-state index contributed by atoms with van der Waals surface area (Å²) < 4.78 is 0. The second-order valence-electron chi connectivity index (χ2n) is 3.91. The highest BCUT2D eigenvalue weighted by atomic mass is 16.1. The molecule has 1 fully saturated rings. The van der Waals surface area contributed by atoms with Crippen molar-refractivity contribution in [2.75, 3.05) is 13.1 Å². The van der Waals surface area contributed by atoms with Crippen LogP contribution >= 0.6 is 0 Å². The van der Waals surface area contributed by atoms with E-state index in [0.29, 0.717) is 6.42 Å². The predicted molar refractivity (Wildman–Crippen MR) is 53.3 cm³/mol. The van der Waals surface area contributed by atoms with E-state index in [1.165, 1.54) is 32.1 Å². The first-order valence-corrected chi connectivity index (χ1v) is 5.28. The summed E-state index contributed by atoms with van der Waals surface area (Å²) in [5.41, 5.74) is 5.02. The third kappa shape index (κ3) is 4.88. The second kappa shape index (κ2) is 5.97. The van der Waals surface area contributed by atoms with Crippen LogP contribution in [-0.2, 0) is 4.79 Å². The van der Waals surface area contributed by atoms with Crippen molar-refractivity contribution < 1.29 is 4.79 Å². The molecule has 3 nitrogen and oxygen atoms in total. The van der Waals surface area contributed by atoms with Gasteiger partial charge < -0.3 is 11.1 Å². The molecule has 0 spiro atoms. The van der Waals surface area contributed by atoms with E-state index in [2.05, 4.69) is 5.32 Å². The molecule has 3 heteroatoms. The molecule has 0 unspecified atom stereocenters. The maximum Gasteiger partial charge on any atom is 0.218 e. The predicted octanol–water partition coefficient (Wildman–Crippen LogP) is 1.03. The normalized spacial score (nSPS) is 17.8. The average Bonchev–Trinajstić information content (AvgIpc) is 2.55. The van der Waals surface area contributed by atoms with Crippen LogP contribution in [0.3, 0.4) is 0 Å². The van der Waals surface area contributed by atoms with Crippen LogP contribution in [0, 0.1) is 5.92 Å². The van der Waals surface area contributed by atoms with Gasteiger partial charge in [0, 0.05) is 13.0 Å². The molecule has 1 aliphatic rings. The zero-order valence-electron chi connectivity index (χ0n) is 8.22. The molecule has 1 aliphatic carbocycles. The molecule has 0 aromatic rings. The maximum atomic E-state index is 10.4. The minimum Gasteiger partial charge on any atom is -0.370 e. The monoisotopic (exact) mass is 184 g/mol. The Kier molecular flexibility index (Phi) is 4.83. The number of primary amides is 1. The van der Waals surface area contributed by atoms with Crippen LogP contribution in [0.5, 0.6) is 0 Å². The molecular weight excluding hydrogens is 164 g/mol. The fourth-order valence-electron chi connectivity index (χ4n) is 1.94. The molecule has 13 heavy (non-hydrogen) atoms. The molecule has 0 saturated heterocycles. The van der Waals surface area contributed by atoms with Crippen LogP contribution < -0.4 is 11.1 Å². The summed E-state index contributed by atoms with van der Waals surface area (Å²) >= 11 is 0. The Morgan fingerprint density at radius 1 is 1.31 bits per heavy atom. The molecule has 0 aliphatic heterocycles. The molecule has 3 N–H and O–H groups in total. The third-order valence-corrected chi connectivity index (χ3v) is 2.75. The maximum absolute atomic E-state index is 10.4. The van der Waals surface area contributed by atoms with E-state index in [4.69, 9.17) is 5.73 Å². The molecule has 0 radical (unpaired) electrons. The molecule has 0 aromatic heterocycles. The molecule has 0 bridgehead atoms. The summed E-state index contributed by atoms with van der Waals surface area (Å²) in [6.07, 6.45) is 7.34. The highest BCUT2D eigenvalue weighted by Crippen LogP contribution is 2.26. The molecule has 0 heterocycles. The Labute approximate surface area is 80.1 Å². The number of hydrogen-bond acceptors (Lipinski definition) is 2. The molecule has 1 rings (SSSR count). The zero-order valence-corrected chi connectivity index (χ0v) is 8.22. The van der Waals surface area contributed by atoms with E-state index in [1.54, 1.807) is 0 Å². The topological polar surface area (TPSA) is 55.1 Å². The van der Waals surface area contributed by atoms with Gasteiger partial charge in [0.15, 0.2) is 0 Å². The summed E-state index contributed by atoms with van der Waals surface area (Å²) in [4.78, 5) is 10.4. The van der Waals surface area contributed by atoms with Crippen molar-refractivity contribution in [3.63, 3.8) is 0 Å². The average molecular weight is 184 g/mol. The quantitative estimate of drug-likeness (QED) is 0.606. The first kappa shape index (κ1) is 10.5. The third-order valence-electron chi connectivity index (χ3n) is 2.75. The van der Waals surface area contributed by atoms with Crippen molar-refractivity contribution in [3.05, 3.63) is 0 Å². The van der Waals surface area contributed by atoms with Gasteiger partial charge in [-0.3, -0.25) is 4.79 Å². The van der Waals surface area contributed by atoms with Crippen molar-refractivity contribution in [1.82, 2.24) is 5.32 Å². The molecule has 0 aromatic carbocycles. The van der Waals surface area contributed by atoms with E-state index < -0.39 is 0 Å². The molecule has 1 amide bonds. The Balaban J connectivity index is 1.86. The van der Waals surface area contributed by atoms with Gasteiger partial charge in [-0.2, -0.15) is 0 Å². The van der Waals surface area contributed by atoms with E-state index in [9.17, 15) is 4.79 Å². The number of rotatable bonds is 6. The summed E-state index contributed by atoms with van der Waals surface area (Å²) in [6.45, 7) is 1.78. The van der Waals surface area contributed by atoms with Gasteiger partial charge in [0.1, 0.15) is 0 Å². The zero-order chi connectivity index (χ0) is 9.52. The number of carbonyl (C=O) groups excluding carboxylic acids is 1. The van der Waals surface area contributed by atoms with E-state index in [1.807, 2.05) is 0 Å².